The molecule has 1 fully saturated rings. The Morgan fingerprint density at radius 2 is 2.21 bits per heavy atom. The molecule has 0 saturated carbocycles. The average molecular weight is 407 g/mol. The smallest absolute Gasteiger partial charge is 0.309 e. The van der Waals surface area contributed by atoms with Crippen molar-refractivity contribution in [2.45, 2.75) is 50.6 Å². The molecule has 4 atom stereocenters. The third kappa shape index (κ3) is 3.29. The van der Waals surface area contributed by atoms with Crippen molar-refractivity contribution < 1.29 is 28.9 Å². The van der Waals surface area contributed by atoms with Crippen LogP contribution in [0.1, 0.15) is 32.4 Å². The van der Waals surface area contributed by atoms with Crippen molar-refractivity contribution in [3.05, 3.63) is 23.9 Å². The van der Waals surface area contributed by atoms with Gasteiger partial charge in [-0.25, -0.2) is 13.9 Å². The molecule has 0 radical (unpaired) electrons. The number of nitrogen functional groups attached to an aromatic ring is 1. The van der Waals surface area contributed by atoms with E-state index in [0.717, 1.165) is 16.9 Å². The van der Waals surface area contributed by atoms with Crippen LogP contribution in [-0.2, 0) is 19.9 Å². The number of nitrogens with two attached hydrogens (primary N) is 1. The Morgan fingerprint density at radius 1 is 1.52 bits per heavy atom. The van der Waals surface area contributed by atoms with Crippen LogP contribution in [0.2, 0.25) is 0 Å². The van der Waals surface area contributed by atoms with Crippen molar-refractivity contribution >= 4 is 17.3 Å². The summed E-state index contributed by atoms with van der Waals surface area (Å²) in [5, 5.41) is 34.7. The van der Waals surface area contributed by atoms with E-state index in [1.54, 1.807) is 6.07 Å². The fourth-order valence-electron chi connectivity index (χ4n) is 3.51. The third-order valence-corrected chi connectivity index (χ3v) is 5.25. The first-order chi connectivity index (χ1) is 13.8. The molecule has 3 heterocycles. The molecule has 4 N–H and O–H groups in total. The molecule has 0 amide bonds. The quantitative estimate of drug-likeness (QED) is 0.572. The number of carbonyl (C=O) groups excluding carboxylic acids is 1. The van der Waals surface area contributed by atoms with Crippen LogP contribution in [0.5, 0.6) is 0 Å². The van der Waals surface area contributed by atoms with Gasteiger partial charge in [-0.1, -0.05) is 13.8 Å². The van der Waals surface area contributed by atoms with Crippen molar-refractivity contribution in [3.63, 3.8) is 0 Å². The maximum Gasteiger partial charge on any atom is 0.309 e. The van der Waals surface area contributed by atoms with Crippen LogP contribution in [-0.4, -0.2) is 55.7 Å². The number of aromatic nitrogens is 3. The first-order valence-electron chi connectivity index (χ1n) is 9.20. The lowest BCUT2D eigenvalue weighted by atomic mass is 9.92. The van der Waals surface area contributed by atoms with Crippen LogP contribution in [0.25, 0.3) is 5.52 Å². The highest BCUT2D eigenvalue weighted by atomic mass is 19.1. The summed E-state index contributed by atoms with van der Waals surface area (Å²) in [6.07, 6.45) is -2.27. The Labute approximate surface area is 165 Å². The number of rotatable bonds is 6. The predicted molar refractivity (Wildman–Crippen MR) is 96.6 cm³/mol. The maximum absolute atomic E-state index is 14.4. The number of carbonyl (C=O) groups is 1. The summed E-state index contributed by atoms with van der Waals surface area (Å²) < 4.78 is 26.2. The number of esters is 1. The number of nitriles is 1. The van der Waals surface area contributed by atoms with Crippen LogP contribution in [0.3, 0.4) is 0 Å². The summed E-state index contributed by atoms with van der Waals surface area (Å²) in [6, 6.07) is 2.74. The van der Waals surface area contributed by atoms with E-state index in [4.69, 9.17) is 15.2 Å². The van der Waals surface area contributed by atoms with Crippen LogP contribution in [0, 0.1) is 23.1 Å². The molecule has 1 aliphatic heterocycles. The van der Waals surface area contributed by atoms with Crippen LogP contribution >= 0.6 is 0 Å². The third-order valence-electron chi connectivity index (χ3n) is 5.25. The van der Waals surface area contributed by atoms with E-state index >= 15 is 0 Å². The van der Waals surface area contributed by atoms with Gasteiger partial charge >= 0.3 is 5.97 Å². The highest BCUT2D eigenvalue weighted by Crippen LogP contribution is 2.41. The Kier molecular flexibility index (Phi) is 5.70. The monoisotopic (exact) mass is 407 g/mol. The molecule has 1 aliphatic rings. The predicted octanol–water partition coefficient (Wildman–Crippen LogP) is 0.269. The minimum absolute atomic E-state index is 0.165. The maximum atomic E-state index is 14.4. The van der Waals surface area contributed by atoms with Gasteiger partial charge in [-0.05, 0) is 12.8 Å². The normalized spacial score (nSPS) is 26.7. The molecule has 0 aliphatic carbocycles. The lowest BCUT2D eigenvalue weighted by Gasteiger charge is -2.24. The van der Waals surface area contributed by atoms with Gasteiger partial charge in [-0.3, -0.25) is 4.79 Å². The number of halogens is 1. The van der Waals surface area contributed by atoms with Crippen molar-refractivity contribution in [2.24, 2.45) is 5.92 Å². The van der Waals surface area contributed by atoms with Crippen molar-refractivity contribution in [2.75, 3.05) is 12.3 Å². The molecule has 156 valence electrons. The summed E-state index contributed by atoms with van der Waals surface area (Å²) in [5.41, 5.74) is 3.17. The zero-order chi connectivity index (χ0) is 21.3. The lowest BCUT2D eigenvalue weighted by Crippen LogP contribution is -2.41. The van der Waals surface area contributed by atoms with Crippen molar-refractivity contribution in [1.82, 2.24) is 14.6 Å². The molecule has 0 unspecified atom stereocenters. The molecule has 29 heavy (non-hydrogen) atoms. The van der Waals surface area contributed by atoms with E-state index in [1.165, 1.54) is 0 Å². The van der Waals surface area contributed by atoms with Crippen molar-refractivity contribution in [3.8, 4) is 6.07 Å². The first-order valence-corrected chi connectivity index (χ1v) is 9.20. The lowest BCUT2D eigenvalue weighted by molar-refractivity contribution is -0.155. The number of hydrogen-bond donors (Lipinski definition) is 3. The number of nitrogens with zero attached hydrogens (tertiary/aromatic N) is 4. The Balaban J connectivity index is 1.92. The molecule has 0 spiro atoms. The van der Waals surface area contributed by atoms with Gasteiger partial charge in [0, 0.05) is 6.07 Å². The minimum Gasteiger partial charge on any atom is -0.463 e. The van der Waals surface area contributed by atoms with E-state index in [0.29, 0.717) is 12.8 Å². The SMILES string of the molecule is CCC(CC)C(=O)OC[C@H]1O[C@@](C#N)(c2cc(F)c3c(N)ncnn23)[C@H](O)[C@@H]1O. The summed E-state index contributed by atoms with van der Waals surface area (Å²) in [7, 11) is 0. The molecule has 11 heteroatoms. The van der Waals surface area contributed by atoms with E-state index in [-0.39, 0.29) is 29.6 Å². The summed E-state index contributed by atoms with van der Waals surface area (Å²) in [5.74, 6) is -1.75. The van der Waals surface area contributed by atoms with E-state index in [2.05, 4.69) is 10.1 Å². The second kappa shape index (κ2) is 7.90. The number of ether oxygens (including phenoxy) is 2. The minimum atomic E-state index is -2.15. The molecule has 2 aromatic rings. The van der Waals surface area contributed by atoms with Gasteiger partial charge in [0.05, 0.1) is 11.6 Å². The van der Waals surface area contributed by atoms with Gasteiger partial charge < -0.3 is 25.4 Å². The number of aliphatic hydroxyl groups is 2. The second-order valence-electron chi connectivity index (χ2n) is 6.87. The number of anilines is 1. The molecule has 10 nitrogen and oxygen atoms in total. The molecular formula is C18H22FN5O5. The molecule has 3 rings (SSSR count). The number of aliphatic hydroxyl groups excluding tert-OH is 2. The fraction of sp³-hybridized carbons (Fsp3) is 0.556. The summed E-state index contributed by atoms with van der Waals surface area (Å²) in [4.78, 5) is 15.8. The zero-order valence-electron chi connectivity index (χ0n) is 15.9. The Morgan fingerprint density at radius 3 is 2.83 bits per heavy atom. The van der Waals surface area contributed by atoms with Crippen LogP contribution < -0.4 is 5.73 Å². The van der Waals surface area contributed by atoms with Gasteiger partial charge in [-0.15, -0.1) is 0 Å². The van der Waals surface area contributed by atoms with Crippen LogP contribution in [0.4, 0.5) is 10.2 Å². The van der Waals surface area contributed by atoms with Crippen molar-refractivity contribution in [1.29, 1.82) is 5.26 Å². The first kappa shape index (κ1) is 20.9. The largest absolute Gasteiger partial charge is 0.463 e. The number of hydrogen-bond acceptors (Lipinski definition) is 9. The number of fused-ring (bicyclic) bond motifs is 1. The standard InChI is InChI=1S/C18H22FN5O5/c1-3-9(4-2)17(27)28-6-11-14(25)15(26)18(7-20,29-11)12-5-10(19)13-16(21)22-8-23-24(12)13/h5,8-9,11,14-15,25-26H,3-4,6H2,1-2H3,(H2,21,22,23)/t11-,14-,15-,18+/m1/s1. The van der Waals surface area contributed by atoms with Gasteiger partial charge in [-0.2, -0.15) is 10.4 Å². The highest BCUT2D eigenvalue weighted by molar-refractivity contribution is 5.72. The molecule has 0 bridgehead atoms. The Bertz CT molecular complexity index is 956. The van der Waals surface area contributed by atoms with E-state index in [9.17, 15) is 24.7 Å². The second-order valence-corrected chi connectivity index (χ2v) is 6.87. The van der Waals surface area contributed by atoms with E-state index < -0.39 is 35.7 Å². The van der Waals surface area contributed by atoms with Gasteiger partial charge in [0.25, 0.3) is 0 Å². The highest BCUT2D eigenvalue weighted by Gasteiger charge is 2.58. The fourth-order valence-corrected chi connectivity index (χ4v) is 3.51. The molecule has 1 saturated heterocycles. The molecule has 2 aromatic heterocycles. The van der Waals surface area contributed by atoms with Gasteiger partial charge in [0.15, 0.2) is 11.6 Å². The van der Waals surface area contributed by atoms with Gasteiger partial charge in [0.2, 0.25) is 5.60 Å². The topological polar surface area (TPSA) is 156 Å². The molecular weight excluding hydrogens is 385 g/mol. The average Bonchev–Trinajstić information content (AvgIpc) is 3.18. The van der Waals surface area contributed by atoms with Gasteiger partial charge in [0.1, 0.15) is 42.8 Å². The molecule has 0 aromatic carbocycles. The van der Waals surface area contributed by atoms with Crippen LogP contribution in [0.15, 0.2) is 12.4 Å². The Hall–Kier alpha value is -2.81. The van der Waals surface area contributed by atoms with E-state index in [1.807, 2.05) is 13.8 Å². The summed E-state index contributed by atoms with van der Waals surface area (Å²) in [6.45, 7) is 3.32. The summed E-state index contributed by atoms with van der Waals surface area (Å²) >= 11 is 0. The zero-order valence-corrected chi connectivity index (χ0v) is 15.9.